The van der Waals surface area contributed by atoms with Crippen molar-refractivity contribution >= 4 is 17.6 Å². The second-order valence-corrected chi connectivity index (χ2v) is 4.17. The molecular weight excluding hydrogens is 273 g/mol. The predicted molar refractivity (Wildman–Crippen MR) is 68.2 cm³/mol. The maximum atomic E-state index is 13.3. The number of hydrogen-bond acceptors (Lipinski definition) is 3. The highest BCUT2D eigenvalue weighted by molar-refractivity contribution is 6.30. The molecule has 0 spiro atoms. The molecule has 4 nitrogen and oxygen atoms in total. The maximum absolute atomic E-state index is 13.3. The van der Waals surface area contributed by atoms with Gasteiger partial charge in [0.25, 0.3) is 0 Å². The zero-order valence-electron chi connectivity index (χ0n) is 9.85. The molecule has 1 aromatic heterocycles. The molecule has 1 aromatic carbocycles. The first-order valence-electron chi connectivity index (χ1n) is 5.25. The van der Waals surface area contributed by atoms with E-state index in [2.05, 4.69) is 4.98 Å². The Labute approximate surface area is 113 Å². The van der Waals surface area contributed by atoms with E-state index in [1.54, 1.807) is 6.07 Å². The van der Waals surface area contributed by atoms with Gasteiger partial charge in [0.1, 0.15) is 11.6 Å². The van der Waals surface area contributed by atoms with Crippen molar-refractivity contribution in [2.24, 2.45) is 0 Å². The van der Waals surface area contributed by atoms with Gasteiger partial charge in [-0.3, -0.25) is 0 Å². The fourth-order valence-corrected chi connectivity index (χ4v) is 1.87. The van der Waals surface area contributed by atoms with E-state index >= 15 is 0 Å². The molecule has 0 aliphatic rings. The molecule has 1 heterocycles. The van der Waals surface area contributed by atoms with Crippen LogP contribution >= 0.6 is 11.6 Å². The third-order valence-corrected chi connectivity index (χ3v) is 2.70. The topological polar surface area (TPSA) is 59.4 Å². The third-order valence-electron chi connectivity index (χ3n) is 2.48. The van der Waals surface area contributed by atoms with E-state index in [1.807, 2.05) is 0 Å². The van der Waals surface area contributed by atoms with Crippen molar-refractivity contribution in [1.29, 1.82) is 0 Å². The van der Waals surface area contributed by atoms with Crippen LogP contribution in [0.2, 0.25) is 5.02 Å². The van der Waals surface area contributed by atoms with E-state index in [9.17, 15) is 9.18 Å². The van der Waals surface area contributed by atoms with Gasteiger partial charge in [-0.25, -0.2) is 14.2 Å². The molecule has 0 saturated carbocycles. The highest BCUT2D eigenvalue weighted by atomic mass is 35.5. The summed E-state index contributed by atoms with van der Waals surface area (Å²) in [6, 6.07) is 5.27. The Morgan fingerprint density at radius 3 is 2.68 bits per heavy atom. The molecule has 0 saturated heterocycles. The number of carboxylic acids is 1. The first-order chi connectivity index (χ1) is 9.01. The van der Waals surface area contributed by atoms with Crippen molar-refractivity contribution in [3.05, 3.63) is 47.0 Å². The highest BCUT2D eigenvalue weighted by Gasteiger charge is 2.13. The largest absolute Gasteiger partial charge is 0.496 e. The van der Waals surface area contributed by atoms with E-state index in [-0.39, 0.29) is 16.5 Å². The lowest BCUT2D eigenvalue weighted by Gasteiger charge is -2.09. The molecule has 0 amide bonds. The molecule has 0 radical (unpaired) electrons. The number of ether oxygens (including phenoxy) is 1. The Bertz CT molecular complexity index is 626. The fraction of sp³-hybridized carbons (Fsp3) is 0.0769. The standard InChI is InChI=1S/C13H9ClFNO3/c1-19-12-5-11(13(17)18)16-6-10(12)7-2-8(14)4-9(15)3-7/h2-6H,1H3,(H,17,18). The van der Waals surface area contributed by atoms with Crippen LogP contribution in [0.15, 0.2) is 30.5 Å². The van der Waals surface area contributed by atoms with Crippen molar-refractivity contribution in [3.8, 4) is 16.9 Å². The van der Waals surface area contributed by atoms with Crippen molar-refractivity contribution in [1.82, 2.24) is 4.98 Å². The number of carboxylic acid groups (broad SMARTS) is 1. The van der Waals surface area contributed by atoms with Gasteiger partial charge in [-0.05, 0) is 23.8 Å². The van der Waals surface area contributed by atoms with Crippen molar-refractivity contribution in [3.63, 3.8) is 0 Å². The van der Waals surface area contributed by atoms with Gasteiger partial charge in [0.2, 0.25) is 0 Å². The maximum Gasteiger partial charge on any atom is 0.354 e. The van der Waals surface area contributed by atoms with Crippen molar-refractivity contribution < 1.29 is 19.0 Å². The number of hydrogen-bond donors (Lipinski definition) is 1. The zero-order chi connectivity index (χ0) is 14.0. The summed E-state index contributed by atoms with van der Waals surface area (Å²) < 4.78 is 18.4. The Morgan fingerprint density at radius 2 is 2.11 bits per heavy atom. The van der Waals surface area contributed by atoms with Gasteiger partial charge < -0.3 is 9.84 Å². The number of methoxy groups -OCH3 is 1. The summed E-state index contributed by atoms with van der Waals surface area (Å²) in [4.78, 5) is 14.6. The molecule has 2 rings (SSSR count). The van der Waals surface area contributed by atoms with Crippen molar-refractivity contribution in [2.45, 2.75) is 0 Å². The van der Waals surface area contributed by atoms with E-state index in [0.717, 1.165) is 0 Å². The number of pyridine rings is 1. The first kappa shape index (κ1) is 13.3. The lowest BCUT2D eigenvalue weighted by atomic mass is 10.1. The van der Waals surface area contributed by atoms with Gasteiger partial charge in [-0.15, -0.1) is 0 Å². The average molecular weight is 282 g/mol. The third kappa shape index (κ3) is 2.82. The van der Waals surface area contributed by atoms with Gasteiger partial charge in [-0.2, -0.15) is 0 Å². The number of halogens is 2. The number of rotatable bonds is 3. The van der Waals surface area contributed by atoms with Crippen LogP contribution in [0, 0.1) is 5.82 Å². The molecule has 0 fully saturated rings. The molecular formula is C13H9ClFNO3. The minimum absolute atomic E-state index is 0.150. The normalized spacial score (nSPS) is 10.3. The van der Waals surface area contributed by atoms with Crippen LogP contribution in [0.4, 0.5) is 4.39 Å². The Balaban J connectivity index is 2.58. The number of aromatic nitrogens is 1. The van der Waals surface area contributed by atoms with E-state index in [4.69, 9.17) is 21.4 Å². The molecule has 98 valence electrons. The van der Waals surface area contributed by atoms with Gasteiger partial charge in [0, 0.05) is 22.8 Å². The second kappa shape index (κ2) is 5.24. The minimum Gasteiger partial charge on any atom is -0.496 e. The highest BCUT2D eigenvalue weighted by Crippen LogP contribution is 2.31. The number of benzene rings is 1. The van der Waals surface area contributed by atoms with Crippen LogP contribution < -0.4 is 4.74 Å². The minimum atomic E-state index is -1.16. The Morgan fingerprint density at radius 1 is 1.37 bits per heavy atom. The van der Waals surface area contributed by atoms with Gasteiger partial charge in [-0.1, -0.05) is 11.6 Å². The molecule has 0 atom stereocenters. The van der Waals surface area contributed by atoms with Crippen LogP contribution in [-0.4, -0.2) is 23.2 Å². The molecule has 0 unspecified atom stereocenters. The summed E-state index contributed by atoms with van der Waals surface area (Å²) in [7, 11) is 1.39. The summed E-state index contributed by atoms with van der Waals surface area (Å²) in [6.45, 7) is 0. The molecule has 1 N–H and O–H groups in total. The SMILES string of the molecule is COc1cc(C(=O)O)ncc1-c1cc(F)cc(Cl)c1. The quantitative estimate of drug-likeness (QED) is 0.938. The summed E-state index contributed by atoms with van der Waals surface area (Å²) in [5.41, 5.74) is 0.781. The summed E-state index contributed by atoms with van der Waals surface area (Å²) in [5.74, 6) is -1.37. The van der Waals surface area contributed by atoms with Crippen LogP contribution in [0.5, 0.6) is 5.75 Å². The summed E-state index contributed by atoms with van der Waals surface area (Å²) >= 11 is 5.78. The molecule has 0 bridgehead atoms. The summed E-state index contributed by atoms with van der Waals surface area (Å²) in [6.07, 6.45) is 1.31. The van der Waals surface area contributed by atoms with Crippen LogP contribution in [-0.2, 0) is 0 Å². The van der Waals surface area contributed by atoms with Gasteiger partial charge in [0.15, 0.2) is 5.69 Å². The Kier molecular flexibility index (Phi) is 3.66. The molecule has 6 heteroatoms. The monoisotopic (exact) mass is 281 g/mol. The van der Waals surface area contributed by atoms with Crippen LogP contribution in [0.3, 0.4) is 0 Å². The van der Waals surface area contributed by atoms with E-state index in [0.29, 0.717) is 11.1 Å². The lowest BCUT2D eigenvalue weighted by molar-refractivity contribution is 0.0690. The van der Waals surface area contributed by atoms with Gasteiger partial charge in [0.05, 0.1) is 7.11 Å². The second-order valence-electron chi connectivity index (χ2n) is 3.73. The van der Waals surface area contributed by atoms with E-state index in [1.165, 1.54) is 31.5 Å². The van der Waals surface area contributed by atoms with Crippen LogP contribution in [0.25, 0.3) is 11.1 Å². The Hall–Kier alpha value is -2.14. The number of aromatic carboxylic acids is 1. The summed E-state index contributed by atoms with van der Waals surface area (Å²) in [5, 5.41) is 9.09. The smallest absolute Gasteiger partial charge is 0.354 e. The zero-order valence-corrected chi connectivity index (χ0v) is 10.6. The fourth-order valence-electron chi connectivity index (χ4n) is 1.65. The van der Waals surface area contributed by atoms with Crippen LogP contribution in [0.1, 0.15) is 10.5 Å². The lowest BCUT2D eigenvalue weighted by Crippen LogP contribution is -2.01. The first-order valence-corrected chi connectivity index (χ1v) is 5.63. The number of carbonyl (C=O) groups is 1. The van der Waals surface area contributed by atoms with E-state index < -0.39 is 11.8 Å². The predicted octanol–water partition coefficient (Wildman–Crippen LogP) is 3.25. The molecule has 0 aliphatic heterocycles. The average Bonchev–Trinajstić information content (AvgIpc) is 2.36. The van der Waals surface area contributed by atoms with Crippen molar-refractivity contribution in [2.75, 3.05) is 7.11 Å². The van der Waals surface area contributed by atoms with Gasteiger partial charge >= 0.3 is 5.97 Å². The number of nitrogens with zero attached hydrogens (tertiary/aromatic N) is 1. The molecule has 0 aliphatic carbocycles. The molecule has 2 aromatic rings. The molecule has 19 heavy (non-hydrogen) atoms.